The first-order chi connectivity index (χ1) is 8.66. The van der Waals surface area contributed by atoms with Gasteiger partial charge in [0, 0.05) is 12.0 Å². The Morgan fingerprint density at radius 2 is 1.95 bits per heavy atom. The van der Waals surface area contributed by atoms with Crippen molar-refractivity contribution in [2.24, 2.45) is 17.3 Å². The molecule has 4 nitrogen and oxygen atoms in total. The van der Waals surface area contributed by atoms with Gasteiger partial charge in [0.15, 0.2) is 0 Å². The van der Waals surface area contributed by atoms with Gasteiger partial charge in [0.1, 0.15) is 0 Å². The van der Waals surface area contributed by atoms with Crippen LogP contribution in [0.15, 0.2) is 12.2 Å². The molecule has 0 saturated heterocycles. The Labute approximate surface area is 114 Å². The van der Waals surface area contributed by atoms with Crippen LogP contribution in [0.4, 0.5) is 0 Å². The van der Waals surface area contributed by atoms with E-state index in [4.69, 9.17) is 5.11 Å². The fraction of sp³-hybridized carbons (Fsp3) is 0.800. The van der Waals surface area contributed by atoms with E-state index in [1.165, 1.54) is 0 Å². The van der Waals surface area contributed by atoms with Crippen molar-refractivity contribution in [2.75, 3.05) is 0 Å². The van der Waals surface area contributed by atoms with Crippen molar-refractivity contribution in [3.8, 4) is 0 Å². The van der Waals surface area contributed by atoms with E-state index >= 15 is 0 Å². The third-order valence-electron chi connectivity index (χ3n) is 5.29. The molecule has 0 aliphatic heterocycles. The smallest absolute Gasteiger partial charge is 0.331 e. The maximum absolute atomic E-state index is 11.0. The Morgan fingerprint density at radius 3 is 2.53 bits per heavy atom. The van der Waals surface area contributed by atoms with Crippen LogP contribution in [0, 0.1) is 17.3 Å². The number of aliphatic carboxylic acids is 1. The summed E-state index contributed by atoms with van der Waals surface area (Å²) in [7, 11) is 0. The zero-order valence-electron chi connectivity index (χ0n) is 11.7. The van der Waals surface area contributed by atoms with Crippen molar-refractivity contribution in [3.05, 3.63) is 12.2 Å². The van der Waals surface area contributed by atoms with E-state index in [2.05, 4.69) is 13.5 Å². The van der Waals surface area contributed by atoms with Crippen LogP contribution in [0.1, 0.15) is 46.0 Å². The lowest BCUT2D eigenvalue weighted by Crippen LogP contribution is -2.55. The van der Waals surface area contributed by atoms with Gasteiger partial charge < -0.3 is 15.3 Å². The molecule has 2 saturated carbocycles. The molecule has 108 valence electrons. The van der Waals surface area contributed by atoms with Crippen LogP contribution in [0.3, 0.4) is 0 Å². The van der Waals surface area contributed by atoms with Gasteiger partial charge >= 0.3 is 5.97 Å². The SMILES string of the molecule is C=C(C(=O)O)[C@@H]1CC[C@@]2(C)C[C@@H](O)C[C@](C)(O)[C@@H]2C1. The summed E-state index contributed by atoms with van der Waals surface area (Å²) in [6.07, 6.45) is 2.87. The Hall–Kier alpha value is -0.870. The van der Waals surface area contributed by atoms with Gasteiger partial charge in [0.05, 0.1) is 11.7 Å². The molecule has 3 N–H and O–H groups in total. The van der Waals surface area contributed by atoms with Gasteiger partial charge in [-0.2, -0.15) is 0 Å². The highest BCUT2D eigenvalue weighted by Gasteiger charge is 2.53. The van der Waals surface area contributed by atoms with Crippen LogP contribution >= 0.6 is 0 Å². The van der Waals surface area contributed by atoms with Crippen LogP contribution in [0.2, 0.25) is 0 Å². The summed E-state index contributed by atoms with van der Waals surface area (Å²) in [6.45, 7) is 7.54. The van der Waals surface area contributed by atoms with Crippen LogP contribution in [-0.2, 0) is 4.79 Å². The molecule has 2 aliphatic carbocycles. The molecule has 0 aromatic rings. The molecule has 0 aromatic carbocycles. The molecule has 4 heteroatoms. The average molecular weight is 268 g/mol. The van der Waals surface area contributed by atoms with Gasteiger partial charge in [-0.25, -0.2) is 4.79 Å². The predicted molar refractivity (Wildman–Crippen MR) is 71.6 cm³/mol. The molecule has 0 amide bonds. The van der Waals surface area contributed by atoms with E-state index < -0.39 is 17.7 Å². The molecule has 19 heavy (non-hydrogen) atoms. The largest absolute Gasteiger partial charge is 0.478 e. The number of hydrogen-bond donors (Lipinski definition) is 3. The van der Waals surface area contributed by atoms with Crippen molar-refractivity contribution in [1.29, 1.82) is 0 Å². The second-order valence-electron chi connectivity index (χ2n) is 6.93. The Bertz CT molecular complexity index is 401. The summed E-state index contributed by atoms with van der Waals surface area (Å²) >= 11 is 0. The molecule has 0 radical (unpaired) electrons. The highest BCUT2D eigenvalue weighted by molar-refractivity contribution is 5.86. The van der Waals surface area contributed by atoms with Gasteiger partial charge in [0.2, 0.25) is 0 Å². The number of carboxylic acids is 1. The third kappa shape index (κ3) is 2.56. The number of hydrogen-bond acceptors (Lipinski definition) is 3. The summed E-state index contributed by atoms with van der Waals surface area (Å²) in [5.41, 5.74) is -0.774. The summed E-state index contributed by atoms with van der Waals surface area (Å²) in [6, 6.07) is 0. The van der Waals surface area contributed by atoms with E-state index in [0.29, 0.717) is 19.3 Å². The number of rotatable bonds is 2. The average Bonchev–Trinajstić information content (AvgIpc) is 2.25. The molecule has 0 aromatic heterocycles. The number of carboxylic acid groups (broad SMARTS) is 1. The van der Waals surface area contributed by atoms with Crippen molar-refractivity contribution in [1.82, 2.24) is 0 Å². The number of fused-ring (bicyclic) bond motifs is 1. The molecular weight excluding hydrogens is 244 g/mol. The first kappa shape index (κ1) is 14.5. The van der Waals surface area contributed by atoms with E-state index in [0.717, 1.165) is 12.8 Å². The van der Waals surface area contributed by atoms with Crippen LogP contribution in [0.5, 0.6) is 0 Å². The fourth-order valence-corrected chi connectivity index (χ4v) is 4.33. The lowest BCUT2D eigenvalue weighted by Gasteiger charge is -2.55. The van der Waals surface area contributed by atoms with Crippen LogP contribution < -0.4 is 0 Å². The summed E-state index contributed by atoms with van der Waals surface area (Å²) in [4.78, 5) is 11.0. The lowest BCUT2D eigenvalue weighted by atomic mass is 9.52. The topological polar surface area (TPSA) is 77.8 Å². The number of aliphatic hydroxyl groups is 2. The number of carbonyl (C=O) groups is 1. The number of aliphatic hydroxyl groups excluding tert-OH is 1. The minimum atomic E-state index is -0.941. The van der Waals surface area contributed by atoms with E-state index in [1.807, 2.05) is 0 Å². The molecule has 0 bridgehead atoms. The first-order valence-electron chi connectivity index (χ1n) is 6.98. The Kier molecular flexibility index (Phi) is 3.52. The zero-order chi connectivity index (χ0) is 14.4. The summed E-state index contributed by atoms with van der Waals surface area (Å²) in [5.74, 6) is -0.973. The molecule has 2 fully saturated rings. The van der Waals surface area contributed by atoms with E-state index in [1.54, 1.807) is 6.92 Å². The Morgan fingerprint density at radius 1 is 1.32 bits per heavy atom. The maximum atomic E-state index is 11.0. The fourth-order valence-electron chi connectivity index (χ4n) is 4.33. The van der Waals surface area contributed by atoms with Gasteiger partial charge in [-0.1, -0.05) is 13.5 Å². The molecule has 2 rings (SSSR count). The molecule has 0 spiro atoms. The Balaban J connectivity index is 2.22. The minimum absolute atomic E-state index is 0.0262. The normalized spacial score (nSPS) is 46.4. The van der Waals surface area contributed by atoms with Crippen LogP contribution in [0.25, 0.3) is 0 Å². The van der Waals surface area contributed by atoms with Crippen LogP contribution in [-0.4, -0.2) is 33.0 Å². The molecule has 0 unspecified atom stereocenters. The maximum Gasteiger partial charge on any atom is 0.331 e. The van der Waals surface area contributed by atoms with Gasteiger partial charge in [-0.05, 0) is 49.9 Å². The highest BCUT2D eigenvalue weighted by atomic mass is 16.4. The lowest BCUT2D eigenvalue weighted by molar-refractivity contribution is -0.157. The monoisotopic (exact) mass is 268 g/mol. The standard InChI is InChI=1S/C15H24O4/c1-9(13(17)18)10-4-5-14(2)7-11(16)8-15(3,19)12(14)6-10/h10-12,16,19H,1,4-8H2,2-3H3,(H,17,18)/t10-,11-,12-,14+,15+/m1/s1. The molecule has 5 atom stereocenters. The second kappa shape index (κ2) is 4.60. The minimum Gasteiger partial charge on any atom is -0.478 e. The molecule has 2 aliphatic rings. The van der Waals surface area contributed by atoms with Gasteiger partial charge in [-0.3, -0.25) is 0 Å². The van der Waals surface area contributed by atoms with E-state index in [-0.39, 0.29) is 22.8 Å². The predicted octanol–water partition coefficient (Wildman–Crippen LogP) is 1.96. The van der Waals surface area contributed by atoms with Crippen molar-refractivity contribution in [2.45, 2.75) is 57.7 Å². The third-order valence-corrected chi connectivity index (χ3v) is 5.29. The molecular formula is C15H24O4. The van der Waals surface area contributed by atoms with Crippen molar-refractivity contribution < 1.29 is 20.1 Å². The molecule has 0 heterocycles. The van der Waals surface area contributed by atoms with Crippen molar-refractivity contribution in [3.63, 3.8) is 0 Å². The first-order valence-corrected chi connectivity index (χ1v) is 6.98. The van der Waals surface area contributed by atoms with Crippen molar-refractivity contribution >= 4 is 5.97 Å². The van der Waals surface area contributed by atoms with Gasteiger partial charge in [0.25, 0.3) is 0 Å². The quantitative estimate of drug-likeness (QED) is 0.669. The van der Waals surface area contributed by atoms with Gasteiger partial charge in [-0.15, -0.1) is 0 Å². The highest BCUT2D eigenvalue weighted by Crippen LogP contribution is 2.56. The summed E-state index contributed by atoms with van der Waals surface area (Å²) in [5, 5.41) is 29.6. The van der Waals surface area contributed by atoms with E-state index in [9.17, 15) is 15.0 Å². The summed E-state index contributed by atoms with van der Waals surface area (Å²) < 4.78 is 0. The second-order valence-corrected chi connectivity index (χ2v) is 6.93. The zero-order valence-corrected chi connectivity index (χ0v) is 11.7.